The van der Waals surface area contributed by atoms with Crippen molar-refractivity contribution >= 4 is 0 Å². The minimum Gasteiger partial charge on any atom is -0.338 e. The van der Waals surface area contributed by atoms with Crippen LogP contribution in [0.2, 0.25) is 0 Å². The van der Waals surface area contributed by atoms with Gasteiger partial charge in [-0.25, -0.2) is 0 Å². The summed E-state index contributed by atoms with van der Waals surface area (Å²) < 4.78 is 5.37. The number of nitrogens with zero attached hydrogens (tertiary/aromatic N) is 2. The molecule has 1 saturated heterocycles. The average molecular weight is 237 g/mol. The van der Waals surface area contributed by atoms with Gasteiger partial charge >= 0.3 is 0 Å². The van der Waals surface area contributed by atoms with Crippen molar-refractivity contribution in [3.63, 3.8) is 0 Å². The minimum absolute atomic E-state index is 0.266. The third-order valence-corrected chi connectivity index (χ3v) is 3.46. The molecule has 1 aliphatic rings. The number of nitrogens with one attached hydrogen (secondary N) is 1. The van der Waals surface area contributed by atoms with E-state index in [4.69, 9.17) is 4.52 Å². The first-order valence-corrected chi connectivity index (χ1v) is 6.75. The molecule has 0 radical (unpaired) electrons. The van der Waals surface area contributed by atoms with E-state index in [9.17, 15) is 0 Å². The Labute approximate surface area is 103 Å². The summed E-state index contributed by atoms with van der Waals surface area (Å²) in [4.78, 5) is 4.50. The van der Waals surface area contributed by atoms with Crippen molar-refractivity contribution in [2.45, 2.75) is 52.5 Å². The molecule has 1 N–H and O–H groups in total. The summed E-state index contributed by atoms with van der Waals surface area (Å²) in [7, 11) is 0. The lowest BCUT2D eigenvalue weighted by molar-refractivity contribution is 0.245. The fourth-order valence-electron chi connectivity index (χ4n) is 2.41. The third-order valence-electron chi connectivity index (χ3n) is 3.46. The van der Waals surface area contributed by atoms with E-state index < -0.39 is 0 Å². The van der Waals surface area contributed by atoms with Crippen LogP contribution in [0.3, 0.4) is 0 Å². The van der Waals surface area contributed by atoms with E-state index in [1.807, 2.05) is 0 Å². The lowest BCUT2D eigenvalue weighted by atomic mass is 9.90. The molecule has 2 atom stereocenters. The molecule has 4 nitrogen and oxygen atoms in total. The summed E-state index contributed by atoms with van der Waals surface area (Å²) in [6, 6.07) is 0.266. The second-order valence-corrected chi connectivity index (χ2v) is 5.45. The first kappa shape index (κ1) is 12.6. The highest BCUT2D eigenvalue weighted by atomic mass is 16.5. The molecule has 0 aromatic carbocycles. The second-order valence-electron chi connectivity index (χ2n) is 5.45. The van der Waals surface area contributed by atoms with Gasteiger partial charge < -0.3 is 9.84 Å². The van der Waals surface area contributed by atoms with Gasteiger partial charge in [0.05, 0.1) is 6.04 Å². The summed E-state index contributed by atoms with van der Waals surface area (Å²) in [6.07, 6.45) is 4.53. The van der Waals surface area contributed by atoms with E-state index in [-0.39, 0.29) is 6.04 Å². The normalized spacial score (nSPS) is 25.4. The lowest BCUT2D eigenvalue weighted by Gasteiger charge is -2.27. The monoisotopic (exact) mass is 237 g/mol. The van der Waals surface area contributed by atoms with Crippen LogP contribution >= 0.6 is 0 Å². The molecule has 2 unspecified atom stereocenters. The molecule has 0 aliphatic carbocycles. The molecular formula is C13H23N3O. The van der Waals surface area contributed by atoms with Crippen LogP contribution in [0.15, 0.2) is 4.52 Å². The highest BCUT2D eigenvalue weighted by molar-refractivity contribution is 4.96. The van der Waals surface area contributed by atoms with E-state index in [2.05, 4.69) is 36.2 Å². The standard InChI is InChI=1S/C13H23N3O/c1-4-10-5-6-14-11(8-10)13-15-12(16-17-13)7-9(2)3/h9-11,14H,4-8H2,1-3H3. The van der Waals surface area contributed by atoms with Gasteiger partial charge in [-0.2, -0.15) is 4.98 Å². The Morgan fingerprint density at radius 3 is 3.00 bits per heavy atom. The molecule has 1 aromatic rings. The number of aromatic nitrogens is 2. The van der Waals surface area contributed by atoms with E-state index in [0.29, 0.717) is 5.92 Å². The maximum atomic E-state index is 5.37. The first-order chi connectivity index (χ1) is 8.19. The summed E-state index contributed by atoms with van der Waals surface area (Å²) in [6.45, 7) is 7.65. The Hall–Kier alpha value is -0.900. The zero-order valence-electron chi connectivity index (χ0n) is 11.1. The molecule has 0 amide bonds. The molecule has 4 heteroatoms. The van der Waals surface area contributed by atoms with Crippen molar-refractivity contribution in [1.29, 1.82) is 0 Å². The molecule has 17 heavy (non-hydrogen) atoms. The van der Waals surface area contributed by atoms with Crippen molar-refractivity contribution < 1.29 is 4.52 Å². The van der Waals surface area contributed by atoms with Gasteiger partial charge in [0.1, 0.15) is 0 Å². The highest BCUT2D eigenvalue weighted by Gasteiger charge is 2.25. The largest absolute Gasteiger partial charge is 0.338 e. The zero-order valence-corrected chi connectivity index (χ0v) is 11.1. The quantitative estimate of drug-likeness (QED) is 0.874. The molecule has 1 fully saturated rings. The van der Waals surface area contributed by atoms with Crippen LogP contribution in [0.25, 0.3) is 0 Å². The molecule has 2 heterocycles. The number of hydrogen-bond acceptors (Lipinski definition) is 4. The molecule has 96 valence electrons. The van der Waals surface area contributed by atoms with Crippen LogP contribution < -0.4 is 5.32 Å². The van der Waals surface area contributed by atoms with E-state index >= 15 is 0 Å². The fourth-order valence-corrected chi connectivity index (χ4v) is 2.41. The number of piperidine rings is 1. The Bertz CT molecular complexity index is 348. The van der Waals surface area contributed by atoms with Crippen LogP contribution in [0.5, 0.6) is 0 Å². The SMILES string of the molecule is CCC1CCNC(c2nc(CC(C)C)no2)C1. The molecule has 0 bridgehead atoms. The van der Waals surface area contributed by atoms with E-state index in [1.54, 1.807) is 0 Å². The van der Waals surface area contributed by atoms with Gasteiger partial charge in [0.25, 0.3) is 0 Å². The van der Waals surface area contributed by atoms with Crippen LogP contribution in [-0.4, -0.2) is 16.7 Å². The van der Waals surface area contributed by atoms with Crippen molar-refractivity contribution in [3.05, 3.63) is 11.7 Å². The van der Waals surface area contributed by atoms with Gasteiger partial charge in [-0.1, -0.05) is 32.3 Å². The Morgan fingerprint density at radius 1 is 1.47 bits per heavy atom. The van der Waals surface area contributed by atoms with Gasteiger partial charge in [0.2, 0.25) is 5.89 Å². The summed E-state index contributed by atoms with van der Waals surface area (Å²) in [5, 5.41) is 7.53. The molecule has 0 spiro atoms. The van der Waals surface area contributed by atoms with Gasteiger partial charge in [-0.3, -0.25) is 0 Å². The van der Waals surface area contributed by atoms with Gasteiger partial charge in [0, 0.05) is 6.42 Å². The van der Waals surface area contributed by atoms with Gasteiger partial charge in [-0.05, 0) is 31.2 Å². The van der Waals surface area contributed by atoms with Crippen molar-refractivity contribution in [3.8, 4) is 0 Å². The topological polar surface area (TPSA) is 51.0 Å². The first-order valence-electron chi connectivity index (χ1n) is 6.75. The smallest absolute Gasteiger partial charge is 0.243 e. The van der Waals surface area contributed by atoms with Gasteiger partial charge in [-0.15, -0.1) is 0 Å². The Morgan fingerprint density at radius 2 is 2.29 bits per heavy atom. The van der Waals surface area contributed by atoms with Crippen molar-refractivity contribution in [2.75, 3.05) is 6.54 Å². The van der Waals surface area contributed by atoms with Crippen molar-refractivity contribution in [2.24, 2.45) is 11.8 Å². The zero-order chi connectivity index (χ0) is 12.3. The van der Waals surface area contributed by atoms with Crippen LogP contribution in [-0.2, 0) is 6.42 Å². The van der Waals surface area contributed by atoms with Crippen molar-refractivity contribution in [1.82, 2.24) is 15.5 Å². The molecule has 1 aliphatic heterocycles. The number of hydrogen-bond donors (Lipinski definition) is 1. The minimum atomic E-state index is 0.266. The molecular weight excluding hydrogens is 214 g/mol. The highest BCUT2D eigenvalue weighted by Crippen LogP contribution is 2.28. The lowest BCUT2D eigenvalue weighted by Crippen LogP contribution is -2.31. The maximum Gasteiger partial charge on any atom is 0.243 e. The third kappa shape index (κ3) is 3.28. The van der Waals surface area contributed by atoms with E-state index in [1.165, 1.54) is 12.8 Å². The van der Waals surface area contributed by atoms with E-state index in [0.717, 1.165) is 37.0 Å². The Balaban J connectivity index is 1.99. The summed E-state index contributed by atoms with van der Waals surface area (Å²) >= 11 is 0. The molecule has 0 saturated carbocycles. The number of rotatable bonds is 4. The van der Waals surface area contributed by atoms with Crippen LogP contribution in [0.1, 0.15) is 57.8 Å². The fraction of sp³-hybridized carbons (Fsp3) is 0.846. The van der Waals surface area contributed by atoms with Gasteiger partial charge in [0.15, 0.2) is 5.82 Å². The van der Waals surface area contributed by atoms with Crippen LogP contribution in [0, 0.1) is 11.8 Å². The second kappa shape index (κ2) is 5.63. The Kier molecular flexibility index (Phi) is 4.15. The molecule has 1 aromatic heterocycles. The maximum absolute atomic E-state index is 5.37. The summed E-state index contributed by atoms with van der Waals surface area (Å²) in [5.74, 6) is 2.99. The predicted octanol–water partition coefficient (Wildman–Crippen LogP) is 2.72. The molecule has 2 rings (SSSR count). The predicted molar refractivity (Wildman–Crippen MR) is 66.6 cm³/mol. The van der Waals surface area contributed by atoms with Crippen LogP contribution in [0.4, 0.5) is 0 Å². The average Bonchev–Trinajstić information content (AvgIpc) is 2.77. The summed E-state index contributed by atoms with van der Waals surface area (Å²) in [5.41, 5.74) is 0.